The highest BCUT2D eigenvalue weighted by Crippen LogP contribution is 2.28. The van der Waals surface area contributed by atoms with Gasteiger partial charge in [-0.2, -0.15) is 0 Å². The molecular formula is C18H30IN3O2. The highest BCUT2D eigenvalue weighted by molar-refractivity contribution is 14.0. The average molecular weight is 447 g/mol. The highest BCUT2D eigenvalue weighted by atomic mass is 127. The fourth-order valence-electron chi connectivity index (χ4n) is 2.22. The Hall–Kier alpha value is -0.860. The fourth-order valence-corrected chi connectivity index (χ4v) is 2.22. The normalized spacial score (nSPS) is 15.5. The number of guanidine groups is 1. The summed E-state index contributed by atoms with van der Waals surface area (Å²) in [6, 6.07) is 8.23. The van der Waals surface area contributed by atoms with Crippen LogP contribution in [-0.2, 0) is 11.3 Å². The van der Waals surface area contributed by atoms with Crippen LogP contribution in [0.25, 0.3) is 0 Å². The third-order valence-electron chi connectivity index (χ3n) is 3.88. The maximum Gasteiger partial charge on any atom is 0.191 e. The lowest BCUT2D eigenvalue weighted by molar-refractivity contribution is 0.0345. The standard InChI is InChI=1S/C18H29N3O2.HI/c1-3-19-18(20-10-16-7-5-4-6-14(16)2)21-11-17(22)13-23-12-15-8-9-15;/h4-7,15,17,22H,3,8-13H2,1-2H3,(H2,19,20,21);1H. The van der Waals surface area contributed by atoms with E-state index in [-0.39, 0.29) is 24.0 Å². The SMILES string of the molecule is CCNC(=NCc1ccccc1C)NCC(O)COCC1CC1.I. The van der Waals surface area contributed by atoms with Gasteiger partial charge in [0.1, 0.15) is 0 Å². The molecule has 5 nitrogen and oxygen atoms in total. The van der Waals surface area contributed by atoms with Gasteiger partial charge in [-0.15, -0.1) is 24.0 Å². The molecular weight excluding hydrogens is 417 g/mol. The molecule has 0 spiro atoms. The molecule has 136 valence electrons. The molecule has 1 unspecified atom stereocenters. The summed E-state index contributed by atoms with van der Waals surface area (Å²) in [5.74, 6) is 1.44. The van der Waals surface area contributed by atoms with Crippen LogP contribution in [0, 0.1) is 12.8 Å². The van der Waals surface area contributed by atoms with E-state index in [0.29, 0.717) is 19.7 Å². The first-order valence-corrected chi connectivity index (χ1v) is 8.51. The summed E-state index contributed by atoms with van der Waals surface area (Å²) >= 11 is 0. The van der Waals surface area contributed by atoms with Crippen molar-refractivity contribution in [2.24, 2.45) is 10.9 Å². The monoisotopic (exact) mass is 447 g/mol. The van der Waals surface area contributed by atoms with Gasteiger partial charge in [-0.25, -0.2) is 4.99 Å². The lowest BCUT2D eigenvalue weighted by Crippen LogP contribution is -2.42. The molecule has 0 radical (unpaired) electrons. The first-order chi connectivity index (χ1) is 11.2. The number of benzene rings is 1. The molecule has 1 aromatic rings. The number of nitrogens with one attached hydrogen (secondary N) is 2. The molecule has 2 rings (SSSR count). The van der Waals surface area contributed by atoms with E-state index in [2.05, 4.69) is 34.7 Å². The van der Waals surface area contributed by atoms with Crippen molar-refractivity contribution in [3.63, 3.8) is 0 Å². The van der Waals surface area contributed by atoms with E-state index in [1.54, 1.807) is 0 Å². The molecule has 3 N–H and O–H groups in total. The number of rotatable bonds is 9. The van der Waals surface area contributed by atoms with Crippen LogP contribution < -0.4 is 10.6 Å². The first-order valence-electron chi connectivity index (χ1n) is 8.51. The van der Waals surface area contributed by atoms with E-state index in [1.807, 2.05) is 19.1 Å². The summed E-state index contributed by atoms with van der Waals surface area (Å²) in [6.07, 6.45) is 2.02. The van der Waals surface area contributed by atoms with E-state index < -0.39 is 6.10 Å². The zero-order chi connectivity index (χ0) is 16.5. The predicted molar refractivity (Wildman–Crippen MR) is 109 cm³/mol. The number of hydrogen-bond donors (Lipinski definition) is 3. The molecule has 0 heterocycles. The van der Waals surface area contributed by atoms with Gasteiger partial charge in [-0.1, -0.05) is 24.3 Å². The molecule has 0 aromatic heterocycles. The Morgan fingerprint density at radius 2 is 2.08 bits per heavy atom. The van der Waals surface area contributed by atoms with Gasteiger partial charge in [0.25, 0.3) is 0 Å². The first kappa shape index (κ1) is 21.2. The molecule has 1 fully saturated rings. The van der Waals surface area contributed by atoms with Gasteiger partial charge in [0.15, 0.2) is 5.96 Å². The average Bonchev–Trinajstić information content (AvgIpc) is 3.36. The Kier molecular flexibility index (Phi) is 10.3. The van der Waals surface area contributed by atoms with Crippen LogP contribution in [0.5, 0.6) is 0 Å². The molecule has 0 aliphatic heterocycles. The Balaban J connectivity index is 0.00000288. The van der Waals surface area contributed by atoms with Crippen LogP contribution in [0.2, 0.25) is 0 Å². The molecule has 1 aliphatic carbocycles. The summed E-state index contributed by atoms with van der Waals surface area (Å²) in [5.41, 5.74) is 2.44. The molecule has 1 aromatic carbocycles. The zero-order valence-corrected chi connectivity index (χ0v) is 17.0. The van der Waals surface area contributed by atoms with Crippen LogP contribution in [0.4, 0.5) is 0 Å². The van der Waals surface area contributed by atoms with Gasteiger partial charge in [-0.3, -0.25) is 0 Å². The molecule has 24 heavy (non-hydrogen) atoms. The van der Waals surface area contributed by atoms with Crippen LogP contribution in [0.1, 0.15) is 30.9 Å². The van der Waals surface area contributed by atoms with Crippen LogP contribution >= 0.6 is 24.0 Å². The van der Waals surface area contributed by atoms with Crippen molar-refractivity contribution >= 4 is 29.9 Å². The lowest BCUT2D eigenvalue weighted by atomic mass is 10.1. The fraction of sp³-hybridized carbons (Fsp3) is 0.611. The Morgan fingerprint density at radius 3 is 2.75 bits per heavy atom. The molecule has 0 bridgehead atoms. The van der Waals surface area contributed by atoms with Crippen LogP contribution in [-0.4, -0.2) is 43.5 Å². The van der Waals surface area contributed by atoms with Crippen molar-refractivity contribution in [3.05, 3.63) is 35.4 Å². The number of aliphatic hydroxyl groups excluding tert-OH is 1. The van der Waals surface area contributed by atoms with E-state index in [4.69, 9.17) is 4.74 Å². The highest BCUT2D eigenvalue weighted by Gasteiger charge is 2.21. The quantitative estimate of drug-likeness (QED) is 0.309. The topological polar surface area (TPSA) is 65.9 Å². The third-order valence-corrected chi connectivity index (χ3v) is 3.88. The second kappa shape index (κ2) is 11.7. The summed E-state index contributed by atoms with van der Waals surface area (Å²) in [6.45, 7) is 7.11. The van der Waals surface area contributed by atoms with Crippen molar-refractivity contribution in [1.29, 1.82) is 0 Å². The predicted octanol–water partition coefficient (Wildman–Crippen LogP) is 2.46. The molecule has 1 atom stereocenters. The number of aliphatic imine (C=N–C) groups is 1. The number of halogens is 1. The zero-order valence-electron chi connectivity index (χ0n) is 14.6. The molecule has 1 aliphatic rings. The molecule has 6 heteroatoms. The number of aryl methyl sites for hydroxylation is 1. The Bertz CT molecular complexity index is 507. The van der Waals surface area contributed by atoms with Crippen LogP contribution in [0.15, 0.2) is 29.3 Å². The Labute approximate surface area is 162 Å². The summed E-state index contributed by atoms with van der Waals surface area (Å²) < 4.78 is 5.51. The van der Waals surface area contributed by atoms with Crippen LogP contribution in [0.3, 0.4) is 0 Å². The molecule has 1 saturated carbocycles. The maximum absolute atomic E-state index is 9.96. The van der Waals surface area contributed by atoms with Crippen molar-refractivity contribution < 1.29 is 9.84 Å². The maximum atomic E-state index is 9.96. The van der Waals surface area contributed by atoms with Gasteiger partial charge >= 0.3 is 0 Å². The van der Waals surface area contributed by atoms with Crippen molar-refractivity contribution in [2.45, 2.75) is 39.3 Å². The van der Waals surface area contributed by atoms with E-state index in [0.717, 1.165) is 25.0 Å². The van der Waals surface area contributed by atoms with Crippen molar-refractivity contribution in [2.75, 3.05) is 26.3 Å². The minimum atomic E-state index is -0.518. The lowest BCUT2D eigenvalue weighted by Gasteiger charge is -2.15. The smallest absolute Gasteiger partial charge is 0.191 e. The summed E-state index contributed by atoms with van der Waals surface area (Å²) in [4.78, 5) is 4.58. The summed E-state index contributed by atoms with van der Waals surface area (Å²) in [5, 5.41) is 16.3. The largest absolute Gasteiger partial charge is 0.389 e. The number of ether oxygens (including phenoxy) is 1. The number of nitrogens with zero attached hydrogens (tertiary/aromatic N) is 1. The van der Waals surface area contributed by atoms with Gasteiger partial charge < -0.3 is 20.5 Å². The molecule has 0 amide bonds. The van der Waals surface area contributed by atoms with Crippen molar-refractivity contribution in [1.82, 2.24) is 10.6 Å². The van der Waals surface area contributed by atoms with Gasteiger partial charge in [0, 0.05) is 19.7 Å². The third kappa shape index (κ3) is 8.30. The Morgan fingerprint density at radius 1 is 1.33 bits per heavy atom. The summed E-state index contributed by atoms with van der Waals surface area (Å²) in [7, 11) is 0. The van der Waals surface area contributed by atoms with E-state index in [1.165, 1.54) is 24.0 Å². The second-order valence-corrected chi connectivity index (χ2v) is 6.14. The van der Waals surface area contributed by atoms with E-state index in [9.17, 15) is 5.11 Å². The van der Waals surface area contributed by atoms with Gasteiger partial charge in [-0.05, 0) is 43.7 Å². The van der Waals surface area contributed by atoms with Gasteiger partial charge in [0.05, 0.1) is 19.3 Å². The van der Waals surface area contributed by atoms with E-state index >= 15 is 0 Å². The van der Waals surface area contributed by atoms with Gasteiger partial charge in [0.2, 0.25) is 0 Å². The minimum absolute atomic E-state index is 0. The number of aliphatic hydroxyl groups is 1. The minimum Gasteiger partial charge on any atom is -0.389 e. The molecule has 0 saturated heterocycles. The number of hydrogen-bond acceptors (Lipinski definition) is 3. The second-order valence-electron chi connectivity index (χ2n) is 6.14. The van der Waals surface area contributed by atoms with Crippen molar-refractivity contribution in [3.8, 4) is 0 Å².